The number of hydrogen-bond donors (Lipinski definition) is 0. The summed E-state index contributed by atoms with van der Waals surface area (Å²) in [6.07, 6.45) is 9.86. The van der Waals surface area contributed by atoms with Gasteiger partial charge in [0.1, 0.15) is 12.2 Å². The second-order valence-electron chi connectivity index (χ2n) is 12.7. The van der Waals surface area contributed by atoms with Gasteiger partial charge in [0.2, 0.25) is 0 Å². The summed E-state index contributed by atoms with van der Waals surface area (Å²) < 4.78 is 13.0. The minimum atomic E-state index is -1.76. The van der Waals surface area contributed by atoms with Crippen LogP contribution in [-0.4, -0.2) is 32.4 Å². The lowest BCUT2D eigenvalue weighted by Crippen LogP contribution is -2.55. The van der Waals surface area contributed by atoms with E-state index in [9.17, 15) is 4.79 Å². The Morgan fingerprint density at radius 1 is 1.10 bits per heavy atom. The van der Waals surface area contributed by atoms with Crippen molar-refractivity contribution in [3.05, 3.63) is 11.6 Å². The molecule has 0 radical (unpaired) electrons. The molecule has 29 heavy (non-hydrogen) atoms. The van der Waals surface area contributed by atoms with E-state index in [0.717, 1.165) is 18.3 Å². The number of ketones is 1. The molecule has 8 atom stereocenters. The molecule has 4 heteroatoms. The highest BCUT2D eigenvalue weighted by Crippen LogP contribution is 2.68. The van der Waals surface area contributed by atoms with Crippen LogP contribution in [0.25, 0.3) is 0 Å². The summed E-state index contributed by atoms with van der Waals surface area (Å²) in [6, 6.07) is 0. The first-order chi connectivity index (χ1) is 13.4. The molecule has 0 aromatic carbocycles. The van der Waals surface area contributed by atoms with Gasteiger partial charge in [-0.05, 0) is 85.9 Å². The standard InChI is InChI=1S/C25H40O3Si/c1-23(2,3)29(6,7)28-20-11-10-17-16-9-8-15-14-19(26)21-22(27-21)25(15,5)18(16)12-13-24(17,20)4/h14,16-18,20-22H,8-13H2,1-7H3/t16-,17-,18-,20-,21-,22-,24-,25-/m0/s1. The molecule has 0 unspecified atom stereocenters. The molecule has 0 spiro atoms. The Labute approximate surface area is 178 Å². The van der Waals surface area contributed by atoms with E-state index in [1.807, 2.05) is 6.08 Å². The van der Waals surface area contributed by atoms with Gasteiger partial charge in [-0.25, -0.2) is 0 Å². The predicted octanol–water partition coefficient (Wildman–Crippen LogP) is 5.90. The van der Waals surface area contributed by atoms with E-state index in [1.54, 1.807) is 0 Å². The fraction of sp³-hybridized carbons (Fsp3) is 0.880. The Kier molecular flexibility index (Phi) is 4.28. The highest BCUT2D eigenvalue weighted by atomic mass is 28.4. The first kappa shape index (κ1) is 20.4. The molecular formula is C25H40O3Si. The number of carbonyl (C=O) groups excluding carboxylic acids is 1. The molecule has 162 valence electrons. The minimum Gasteiger partial charge on any atom is -0.413 e. The van der Waals surface area contributed by atoms with Crippen LogP contribution in [0.4, 0.5) is 0 Å². The topological polar surface area (TPSA) is 38.8 Å². The SMILES string of the molecule is CC(C)(C)[Si](C)(C)O[C@H]1CC[C@H]2[C@@H]3CCC4=CC(=O)[C@@H]5O[C@@H]5[C@]4(C)[C@H]3CC[C@]12C. The third-order valence-corrected chi connectivity index (χ3v) is 15.0. The van der Waals surface area contributed by atoms with E-state index in [-0.39, 0.29) is 28.4 Å². The average Bonchev–Trinajstić information content (AvgIpc) is 3.36. The molecule has 1 heterocycles. The molecule has 4 fully saturated rings. The summed E-state index contributed by atoms with van der Waals surface area (Å²) in [5.74, 6) is 2.44. The van der Waals surface area contributed by atoms with Crippen LogP contribution in [0.3, 0.4) is 0 Å². The number of fused-ring (bicyclic) bond motifs is 7. The summed E-state index contributed by atoms with van der Waals surface area (Å²) in [5.41, 5.74) is 1.82. The molecule has 1 saturated heterocycles. The maximum Gasteiger partial charge on any atom is 0.192 e. The fourth-order valence-electron chi connectivity index (χ4n) is 7.60. The van der Waals surface area contributed by atoms with Gasteiger partial charge >= 0.3 is 0 Å². The van der Waals surface area contributed by atoms with Gasteiger partial charge in [0.25, 0.3) is 0 Å². The minimum absolute atomic E-state index is 0.0984. The molecule has 0 N–H and O–H groups in total. The fourth-order valence-corrected chi connectivity index (χ4v) is 9.05. The number of epoxide rings is 1. The number of carbonyl (C=O) groups is 1. The first-order valence-corrected chi connectivity index (χ1v) is 14.9. The third-order valence-electron chi connectivity index (χ3n) is 10.5. The summed E-state index contributed by atoms with van der Waals surface area (Å²) >= 11 is 0. The van der Waals surface area contributed by atoms with Crippen molar-refractivity contribution in [2.45, 2.75) is 110 Å². The van der Waals surface area contributed by atoms with E-state index in [1.165, 1.54) is 37.7 Å². The van der Waals surface area contributed by atoms with Gasteiger partial charge < -0.3 is 9.16 Å². The maximum atomic E-state index is 12.3. The number of hydrogen-bond acceptors (Lipinski definition) is 3. The van der Waals surface area contributed by atoms with E-state index in [2.05, 4.69) is 47.7 Å². The van der Waals surface area contributed by atoms with Crippen LogP contribution in [-0.2, 0) is 14.0 Å². The maximum absolute atomic E-state index is 12.3. The van der Waals surface area contributed by atoms with Crippen molar-refractivity contribution in [3.63, 3.8) is 0 Å². The van der Waals surface area contributed by atoms with Gasteiger partial charge in [-0.2, -0.15) is 0 Å². The van der Waals surface area contributed by atoms with Crippen molar-refractivity contribution < 1.29 is 14.0 Å². The van der Waals surface area contributed by atoms with Gasteiger partial charge in [-0.1, -0.05) is 40.2 Å². The second kappa shape index (κ2) is 6.07. The van der Waals surface area contributed by atoms with Crippen LogP contribution >= 0.6 is 0 Å². The molecule has 5 rings (SSSR count). The van der Waals surface area contributed by atoms with Gasteiger partial charge in [-0.15, -0.1) is 0 Å². The molecular weight excluding hydrogens is 376 g/mol. The first-order valence-electron chi connectivity index (χ1n) is 12.0. The van der Waals surface area contributed by atoms with Crippen LogP contribution in [0, 0.1) is 28.6 Å². The normalized spacial score (nSPS) is 48.9. The lowest BCUT2D eigenvalue weighted by Gasteiger charge is -2.57. The van der Waals surface area contributed by atoms with Crippen molar-refractivity contribution in [3.8, 4) is 0 Å². The van der Waals surface area contributed by atoms with Crippen molar-refractivity contribution in [1.82, 2.24) is 0 Å². The predicted molar refractivity (Wildman–Crippen MR) is 118 cm³/mol. The van der Waals surface area contributed by atoms with Crippen molar-refractivity contribution in [1.29, 1.82) is 0 Å². The molecule has 0 amide bonds. The Hall–Kier alpha value is -0.453. The zero-order valence-corrected chi connectivity index (χ0v) is 20.5. The zero-order chi connectivity index (χ0) is 21.0. The third kappa shape index (κ3) is 2.70. The molecule has 0 aromatic rings. The summed E-state index contributed by atoms with van der Waals surface area (Å²) in [5, 5.41) is 0.267. The highest BCUT2D eigenvalue weighted by molar-refractivity contribution is 6.74. The highest BCUT2D eigenvalue weighted by Gasteiger charge is 2.67. The molecule has 0 bridgehead atoms. The quantitative estimate of drug-likeness (QED) is 0.416. The summed E-state index contributed by atoms with van der Waals surface area (Å²) in [4.78, 5) is 12.3. The molecule has 3 saturated carbocycles. The van der Waals surface area contributed by atoms with Gasteiger partial charge in [0.05, 0.1) is 6.10 Å². The number of ether oxygens (including phenoxy) is 1. The van der Waals surface area contributed by atoms with E-state index >= 15 is 0 Å². The average molecular weight is 417 g/mol. The van der Waals surface area contributed by atoms with Gasteiger partial charge in [0.15, 0.2) is 14.1 Å². The van der Waals surface area contributed by atoms with Crippen LogP contribution in [0.15, 0.2) is 11.6 Å². The van der Waals surface area contributed by atoms with Crippen molar-refractivity contribution >= 4 is 14.1 Å². The van der Waals surface area contributed by atoms with Gasteiger partial charge in [0, 0.05) is 5.41 Å². The van der Waals surface area contributed by atoms with Crippen LogP contribution in [0.5, 0.6) is 0 Å². The van der Waals surface area contributed by atoms with Crippen LogP contribution in [0.2, 0.25) is 18.1 Å². The molecule has 0 aromatic heterocycles. The van der Waals surface area contributed by atoms with Gasteiger partial charge in [-0.3, -0.25) is 4.79 Å². The van der Waals surface area contributed by atoms with Crippen molar-refractivity contribution in [2.75, 3.05) is 0 Å². The van der Waals surface area contributed by atoms with E-state index in [0.29, 0.717) is 17.4 Å². The van der Waals surface area contributed by atoms with Crippen LogP contribution in [0.1, 0.15) is 73.1 Å². The Bertz CT molecular complexity index is 765. The van der Waals surface area contributed by atoms with Crippen molar-refractivity contribution in [2.24, 2.45) is 28.6 Å². The Balaban J connectivity index is 1.41. The zero-order valence-electron chi connectivity index (χ0n) is 19.5. The lowest BCUT2D eigenvalue weighted by atomic mass is 9.47. The monoisotopic (exact) mass is 416 g/mol. The van der Waals surface area contributed by atoms with Crippen LogP contribution < -0.4 is 0 Å². The summed E-state index contributed by atoms with van der Waals surface area (Å²) in [6.45, 7) is 16.9. The second-order valence-corrected chi connectivity index (χ2v) is 17.5. The molecule has 4 aliphatic carbocycles. The van der Waals surface area contributed by atoms with E-state index in [4.69, 9.17) is 9.16 Å². The largest absolute Gasteiger partial charge is 0.413 e. The smallest absolute Gasteiger partial charge is 0.192 e. The molecule has 3 nitrogen and oxygen atoms in total. The summed E-state index contributed by atoms with van der Waals surface area (Å²) in [7, 11) is -1.76. The molecule has 1 aliphatic heterocycles. The lowest BCUT2D eigenvalue weighted by molar-refractivity contribution is -0.116. The van der Waals surface area contributed by atoms with E-state index < -0.39 is 8.32 Å². The number of rotatable bonds is 2. The Morgan fingerprint density at radius 2 is 1.83 bits per heavy atom. The Morgan fingerprint density at radius 3 is 2.52 bits per heavy atom. The molecule has 5 aliphatic rings.